The van der Waals surface area contributed by atoms with Crippen molar-refractivity contribution in [1.29, 1.82) is 0 Å². The Morgan fingerprint density at radius 1 is 1.06 bits per heavy atom. The minimum Gasteiger partial charge on any atom is -0.354 e. The van der Waals surface area contributed by atoms with E-state index < -0.39 is 0 Å². The number of anilines is 1. The summed E-state index contributed by atoms with van der Waals surface area (Å²) in [5.74, 6) is 1.51. The van der Waals surface area contributed by atoms with E-state index in [1.165, 1.54) is 19.0 Å². The minimum absolute atomic E-state index is 0.225. The van der Waals surface area contributed by atoms with Gasteiger partial charge < -0.3 is 10.2 Å². The van der Waals surface area contributed by atoms with Crippen molar-refractivity contribution in [2.75, 3.05) is 19.0 Å². The van der Waals surface area contributed by atoms with E-state index in [1.807, 2.05) is 31.0 Å². The van der Waals surface area contributed by atoms with Crippen LogP contribution in [-0.2, 0) is 0 Å². The standard InChI is InChI=1S/C19H17Br2N9O/c1-10(29(3)18-12-4-11(20)5-13(21)16(12)25-8-26-18)17-27-9-28-30(17)15-6-14(19(31)22-2)23-7-24-15/h4-10H,1-3H3,(H,22,31)/t10-/m0/s1. The van der Waals surface area contributed by atoms with Gasteiger partial charge in [0.2, 0.25) is 0 Å². The van der Waals surface area contributed by atoms with Crippen LogP contribution in [-0.4, -0.2) is 54.7 Å². The summed E-state index contributed by atoms with van der Waals surface area (Å²) in [6, 6.07) is 5.26. The van der Waals surface area contributed by atoms with E-state index in [0.717, 1.165) is 25.7 Å². The third kappa shape index (κ3) is 4.00. The molecule has 0 radical (unpaired) electrons. The molecule has 0 aliphatic heterocycles. The van der Waals surface area contributed by atoms with E-state index in [1.54, 1.807) is 17.8 Å². The molecule has 1 atom stereocenters. The van der Waals surface area contributed by atoms with Gasteiger partial charge in [0.05, 0.1) is 11.6 Å². The molecule has 4 aromatic rings. The van der Waals surface area contributed by atoms with Gasteiger partial charge in [-0.05, 0) is 35.0 Å². The highest BCUT2D eigenvalue weighted by Crippen LogP contribution is 2.34. The Morgan fingerprint density at radius 2 is 1.84 bits per heavy atom. The van der Waals surface area contributed by atoms with Crippen LogP contribution in [0.2, 0.25) is 0 Å². The lowest BCUT2D eigenvalue weighted by molar-refractivity contribution is 0.0958. The molecule has 1 N–H and O–H groups in total. The second-order valence-corrected chi connectivity index (χ2v) is 8.41. The number of carbonyl (C=O) groups excluding carboxylic acids is 1. The highest BCUT2D eigenvalue weighted by Gasteiger charge is 2.23. The van der Waals surface area contributed by atoms with Crippen molar-refractivity contribution < 1.29 is 4.79 Å². The first kappa shape index (κ1) is 21.2. The molecule has 12 heteroatoms. The second-order valence-electron chi connectivity index (χ2n) is 6.64. The number of fused-ring (bicyclic) bond motifs is 1. The van der Waals surface area contributed by atoms with Crippen molar-refractivity contribution in [2.45, 2.75) is 13.0 Å². The number of rotatable bonds is 5. The molecule has 0 fully saturated rings. The molecule has 1 amide bonds. The van der Waals surface area contributed by atoms with Gasteiger partial charge in [-0.2, -0.15) is 9.78 Å². The van der Waals surface area contributed by atoms with Crippen molar-refractivity contribution in [3.63, 3.8) is 0 Å². The fourth-order valence-corrected chi connectivity index (χ4v) is 4.47. The molecule has 10 nitrogen and oxygen atoms in total. The zero-order chi connectivity index (χ0) is 22.1. The van der Waals surface area contributed by atoms with E-state index in [-0.39, 0.29) is 17.6 Å². The van der Waals surface area contributed by atoms with Crippen LogP contribution in [0.4, 0.5) is 5.82 Å². The largest absolute Gasteiger partial charge is 0.354 e. The first-order valence-electron chi connectivity index (χ1n) is 9.17. The van der Waals surface area contributed by atoms with Gasteiger partial charge in [-0.15, -0.1) is 0 Å². The Hall–Kier alpha value is -2.99. The smallest absolute Gasteiger partial charge is 0.269 e. The first-order chi connectivity index (χ1) is 14.9. The fourth-order valence-electron chi connectivity index (χ4n) is 3.14. The van der Waals surface area contributed by atoms with Gasteiger partial charge in [-0.1, -0.05) is 15.9 Å². The molecule has 158 valence electrons. The summed E-state index contributed by atoms with van der Waals surface area (Å²) < 4.78 is 3.37. The van der Waals surface area contributed by atoms with Crippen molar-refractivity contribution in [3.05, 3.63) is 57.6 Å². The molecular weight excluding hydrogens is 530 g/mol. The number of amides is 1. The maximum Gasteiger partial charge on any atom is 0.269 e. The molecule has 4 rings (SSSR count). The maximum absolute atomic E-state index is 11.9. The summed E-state index contributed by atoms with van der Waals surface area (Å²) in [6.45, 7) is 1.99. The summed E-state index contributed by atoms with van der Waals surface area (Å²) in [4.78, 5) is 35.5. The van der Waals surface area contributed by atoms with Gasteiger partial charge in [-0.25, -0.2) is 24.9 Å². The Morgan fingerprint density at radius 3 is 2.61 bits per heavy atom. The van der Waals surface area contributed by atoms with E-state index in [4.69, 9.17) is 0 Å². The van der Waals surface area contributed by atoms with Gasteiger partial charge in [-0.3, -0.25) is 4.79 Å². The van der Waals surface area contributed by atoms with Crippen LogP contribution in [0.1, 0.15) is 29.3 Å². The fraction of sp³-hybridized carbons (Fsp3) is 0.211. The highest BCUT2D eigenvalue weighted by molar-refractivity contribution is 9.11. The van der Waals surface area contributed by atoms with E-state index in [0.29, 0.717) is 11.6 Å². The zero-order valence-corrected chi connectivity index (χ0v) is 20.0. The summed E-state index contributed by atoms with van der Waals surface area (Å²) in [5, 5.41) is 7.74. The van der Waals surface area contributed by atoms with E-state index >= 15 is 0 Å². The average Bonchev–Trinajstić information content (AvgIpc) is 3.27. The van der Waals surface area contributed by atoms with Gasteiger partial charge in [0.15, 0.2) is 11.6 Å². The molecule has 3 heterocycles. The number of carbonyl (C=O) groups is 1. The summed E-state index contributed by atoms with van der Waals surface area (Å²) in [6.07, 6.45) is 4.31. The Balaban J connectivity index is 1.75. The Kier molecular flexibility index (Phi) is 5.92. The number of nitrogens with one attached hydrogen (secondary N) is 1. The van der Waals surface area contributed by atoms with Crippen LogP contribution in [0.3, 0.4) is 0 Å². The third-order valence-corrected chi connectivity index (χ3v) is 5.89. The normalized spacial score (nSPS) is 12.0. The minimum atomic E-state index is -0.306. The van der Waals surface area contributed by atoms with E-state index in [9.17, 15) is 4.79 Å². The Labute approximate surface area is 194 Å². The Bertz CT molecular complexity index is 1280. The van der Waals surface area contributed by atoms with E-state index in [2.05, 4.69) is 67.2 Å². The van der Waals surface area contributed by atoms with Crippen LogP contribution in [0.15, 0.2) is 46.1 Å². The molecule has 0 bridgehead atoms. The summed E-state index contributed by atoms with van der Waals surface area (Å²) in [5.41, 5.74) is 1.05. The van der Waals surface area contributed by atoms with Crippen LogP contribution in [0.5, 0.6) is 0 Å². The summed E-state index contributed by atoms with van der Waals surface area (Å²) >= 11 is 7.09. The van der Waals surface area contributed by atoms with Crippen LogP contribution in [0, 0.1) is 0 Å². The van der Waals surface area contributed by atoms with Crippen molar-refractivity contribution in [1.82, 2.24) is 40.0 Å². The van der Waals surface area contributed by atoms with Gasteiger partial charge in [0.25, 0.3) is 5.91 Å². The zero-order valence-electron chi connectivity index (χ0n) is 16.8. The SMILES string of the molecule is CNC(=O)c1cc(-n2ncnc2[C@H](C)N(C)c2ncnc3c(Br)cc(Br)cc23)ncn1. The first-order valence-corrected chi connectivity index (χ1v) is 10.8. The lowest BCUT2D eigenvalue weighted by atomic mass is 10.2. The average molecular weight is 547 g/mol. The van der Waals surface area contributed by atoms with Crippen molar-refractivity contribution in [3.8, 4) is 5.82 Å². The molecular formula is C19H17Br2N9O. The van der Waals surface area contributed by atoms with Crippen molar-refractivity contribution in [2.24, 2.45) is 0 Å². The van der Waals surface area contributed by atoms with Crippen LogP contribution >= 0.6 is 31.9 Å². The monoisotopic (exact) mass is 545 g/mol. The maximum atomic E-state index is 11.9. The number of hydrogen-bond acceptors (Lipinski definition) is 8. The molecule has 3 aromatic heterocycles. The summed E-state index contributed by atoms with van der Waals surface area (Å²) in [7, 11) is 3.47. The highest BCUT2D eigenvalue weighted by atomic mass is 79.9. The molecule has 0 saturated carbocycles. The topological polar surface area (TPSA) is 115 Å². The number of halogens is 2. The number of benzene rings is 1. The molecule has 31 heavy (non-hydrogen) atoms. The van der Waals surface area contributed by atoms with Gasteiger partial charge in [0, 0.05) is 34.5 Å². The van der Waals surface area contributed by atoms with Crippen molar-refractivity contribution >= 4 is 54.5 Å². The lowest BCUT2D eigenvalue weighted by Gasteiger charge is -2.26. The molecule has 0 unspecified atom stereocenters. The predicted octanol–water partition coefficient (Wildman–Crippen LogP) is 3.08. The second kappa shape index (κ2) is 8.63. The predicted molar refractivity (Wildman–Crippen MR) is 122 cm³/mol. The van der Waals surface area contributed by atoms with Gasteiger partial charge >= 0.3 is 0 Å². The quantitative estimate of drug-likeness (QED) is 0.406. The number of nitrogens with zero attached hydrogens (tertiary/aromatic N) is 8. The molecule has 0 aliphatic carbocycles. The molecule has 1 aromatic carbocycles. The molecule has 0 saturated heterocycles. The number of hydrogen-bond donors (Lipinski definition) is 1. The number of aromatic nitrogens is 7. The lowest BCUT2D eigenvalue weighted by Crippen LogP contribution is -2.26. The molecule has 0 spiro atoms. The molecule has 0 aliphatic rings. The van der Waals surface area contributed by atoms with Gasteiger partial charge in [0.1, 0.15) is 30.5 Å². The van der Waals surface area contributed by atoms with Crippen LogP contribution in [0.25, 0.3) is 16.7 Å². The van der Waals surface area contributed by atoms with Crippen LogP contribution < -0.4 is 10.2 Å². The third-order valence-electron chi connectivity index (χ3n) is 4.83.